The molecule has 0 saturated carbocycles. The van der Waals surface area contributed by atoms with Crippen molar-refractivity contribution in [2.45, 2.75) is 25.8 Å². The van der Waals surface area contributed by atoms with E-state index in [1.165, 1.54) is 6.07 Å². The van der Waals surface area contributed by atoms with E-state index < -0.39 is 17.5 Å². The smallest absolute Gasteiger partial charge is 0.194 e. The molecule has 1 aromatic rings. The van der Waals surface area contributed by atoms with Gasteiger partial charge in [-0.25, -0.2) is 13.2 Å². The first-order valence-electron chi connectivity index (χ1n) is 5.59. The summed E-state index contributed by atoms with van der Waals surface area (Å²) in [4.78, 5) is 0. The van der Waals surface area contributed by atoms with Crippen molar-refractivity contribution in [3.63, 3.8) is 0 Å². The van der Waals surface area contributed by atoms with Crippen LogP contribution in [0.3, 0.4) is 0 Å². The predicted octanol–water partition coefficient (Wildman–Crippen LogP) is 3.72. The molecular weight excluding hydrogens is 227 g/mol. The summed E-state index contributed by atoms with van der Waals surface area (Å²) in [6.07, 6.45) is 2.98. The second kappa shape index (κ2) is 6.45. The van der Waals surface area contributed by atoms with Crippen molar-refractivity contribution in [3.8, 4) is 0 Å². The highest BCUT2D eigenvalue weighted by Crippen LogP contribution is 2.24. The second-order valence-electron chi connectivity index (χ2n) is 3.74. The molecule has 0 spiro atoms. The Morgan fingerprint density at radius 1 is 1.29 bits per heavy atom. The summed E-state index contributed by atoms with van der Waals surface area (Å²) in [6, 6.07) is 1.91. The molecule has 0 aromatic heterocycles. The Labute approximate surface area is 99.3 Å². The molecule has 0 heterocycles. The zero-order valence-corrected chi connectivity index (χ0v) is 9.77. The molecule has 0 bridgehead atoms. The lowest BCUT2D eigenvalue weighted by Crippen LogP contribution is -2.22. The minimum absolute atomic E-state index is 0.160. The Balaban J connectivity index is 3.00. The van der Waals surface area contributed by atoms with Gasteiger partial charge in [0.2, 0.25) is 0 Å². The van der Waals surface area contributed by atoms with Crippen molar-refractivity contribution in [1.29, 1.82) is 0 Å². The summed E-state index contributed by atoms with van der Waals surface area (Å²) in [6.45, 7) is 6.08. The van der Waals surface area contributed by atoms with Crippen LogP contribution < -0.4 is 5.32 Å². The third-order valence-electron chi connectivity index (χ3n) is 2.55. The molecule has 1 rings (SSSR count). The van der Waals surface area contributed by atoms with Crippen molar-refractivity contribution in [1.82, 2.24) is 5.32 Å². The number of halogens is 3. The van der Waals surface area contributed by atoms with Gasteiger partial charge in [-0.15, -0.1) is 6.58 Å². The molecule has 0 aliphatic carbocycles. The van der Waals surface area contributed by atoms with Gasteiger partial charge in [0.15, 0.2) is 17.5 Å². The number of rotatable bonds is 6. The third-order valence-corrected chi connectivity index (χ3v) is 2.55. The summed E-state index contributed by atoms with van der Waals surface area (Å²) >= 11 is 0. The van der Waals surface area contributed by atoms with E-state index in [4.69, 9.17) is 0 Å². The highest BCUT2D eigenvalue weighted by Gasteiger charge is 2.19. The minimum Gasteiger partial charge on any atom is -0.310 e. The molecule has 0 radical (unpaired) electrons. The molecule has 1 aromatic carbocycles. The summed E-state index contributed by atoms with van der Waals surface area (Å²) < 4.78 is 39.5. The van der Waals surface area contributed by atoms with E-state index >= 15 is 0 Å². The maximum Gasteiger partial charge on any atom is 0.194 e. The summed E-state index contributed by atoms with van der Waals surface area (Å²) in [5.41, 5.74) is 0.160. The molecular formula is C13H16F3N. The zero-order valence-electron chi connectivity index (χ0n) is 9.77. The fourth-order valence-electron chi connectivity index (χ4n) is 1.71. The standard InChI is InChI=1S/C13H16F3N/c1-3-5-6-11(17-4-2)9-7-8-10(14)13(16)12(9)15/h3,7-8,11,17H,1,4-6H2,2H3. The maximum atomic E-state index is 13.6. The van der Waals surface area contributed by atoms with E-state index in [-0.39, 0.29) is 11.6 Å². The van der Waals surface area contributed by atoms with Gasteiger partial charge in [0.1, 0.15) is 0 Å². The average Bonchev–Trinajstić information content (AvgIpc) is 2.32. The van der Waals surface area contributed by atoms with Crippen molar-refractivity contribution < 1.29 is 13.2 Å². The quantitative estimate of drug-likeness (QED) is 0.593. The Morgan fingerprint density at radius 3 is 2.59 bits per heavy atom. The fraction of sp³-hybridized carbons (Fsp3) is 0.385. The van der Waals surface area contributed by atoms with Crippen LogP contribution >= 0.6 is 0 Å². The highest BCUT2D eigenvalue weighted by atomic mass is 19.2. The summed E-state index contributed by atoms with van der Waals surface area (Å²) in [5.74, 6) is -3.69. The van der Waals surface area contributed by atoms with Gasteiger partial charge in [0, 0.05) is 11.6 Å². The van der Waals surface area contributed by atoms with Gasteiger partial charge in [0.05, 0.1) is 0 Å². The van der Waals surface area contributed by atoms with Crippen LogP contribution in [0, 0.1) is 17.5 Å². The van der Waals surface area contributed by atoms with E-state index in [1.807, 2.05) is 6.92 Å². The largest absolute Gasteiger partial charge is 0.310 e. The zero-order chi connectivity index (χ0) is 12.8. The molecule has 0 saturated heterocycles. The molecule has 1 atom stereocenters. The lowest BCUT2D eigenvalue weighted by atomic mass is 10.0. The maximum absolute atomic E-state index is 13.6. The highest BCUT2D eigenvalue weighted by molar-refractivity contribution is 5.23. The van der Waals surface area contributed by atoms with Crippen LogP contribution in [0.4, 0.5) is 13.2 Å². The van der Waals surface area contributed by atoms with Crippen LogP contribution in [-0.2, 0) is 0 Å². The van der Waals surface area contributed by atoms with Gasteiger partial charge in [-0.05, 0) is 25.5 Å². The number of hydrogen-bond donors (Lipinski definition) is 1. The van der Waals surface area contributed by atoms with Crippen molar-refractivity contribution in [2.75, 3.05) is 6.54 Å². The number of benzene rings is 1. The van der Waals surface area contributed by atoms with Gasteiger partial charge in [-0.2, -0.15) is 0 Å². The van der Waals surface area contributed by atoms with Crippen LogP contribution in [0.2, 0.25) is 0 Å². The lowest BCUT2D eigenvalue weighted by molar-refractivity contribution is 0.420. The Bertz CT molecular complexity index is 390. The molecule has 1 N–H and O–H groups in total. The molecule has 0 amide bonds. The fourth-order valence-corrected chi connectivity index (χ4v) is 1.71. The van der Waals surface area contributed by atoms with Crippen LogP contribution in [-0.4, -0.2) is 6.54 Å². The van der Waals surface area contributed by atoms with Gasteiger partial charge < -0.3 is 5.32 Å². The molecule has 1 unspecified atom stereocenters. The Kier molecular flexibility index (Phi) is 5.22. The monoisotopic (exact) mass is 243 g/mol. The van der Waals surface area contributed by atoms with E-state index in [0.29, 0.717) is 19.4 Å². The molecule has 0 aliphatic rings. The van der Waals surface area contributed by atoms with E-state index in [2.05, 4.69) is 11.9 Å². The van der Waals surface area contributed by atoms with Gasteiger partial charge in [-0.3, -0.25) is 0 Å². The first-order chi connectivity index (χ1) is 8.11. The van der Waals surface area contributed by atoms with Crippen LogP contribution in [0.1, 0.15) is 31.4 Å². The van der Waals surface area contributed by atoms with Crippen molar-refractivity contribution >= 4 is 0 Å². The number of hydrogen-bond acceptors (Lipinski definition) is 1. The molecule has 94 valence electrons. The van der Waals surface area contributed by atoms with Gasteiger partial charge in [-0.1, -0.05) is 19.1 Å². The number of nitrogens with one attached hydrogen (secondary N) is 1. The summed E-state index contributed by atoms with van der Waals surface area (Å²) in [5, 5.41) is 3.04. The predicted molar refractivity (Wildman–Crippen MR) is 62.2 cm³/mol. The average molecular weight is 243 g/mol. The normalized spacial score (nSPS) is 12.5. The van der Waals surface area contributed by atoms with E-state index in [1.54, 1.807) is 6.08 Å². The minimum atomic E-state index is -1.41. The summed E-state index contributed by atoms with van der Waals surface area (Å²) in [7, 11) is 0. The van der Waals surface area contributed by atoms with E-state index in [9.17, 15) is 13.2 Å². The first kappa shape index (κ1) is 13.8. The van der Waals surface area contributed by atoms with Crippen LogP contribution in [0.15, 0.2) is 24.8 Å². The molecule has 17 heavy (non-hydrogen) atoms. The molecule has 4 heteroatoms. The van der Waals surface area contributed by atoms with Crippen LogP contribution in [0.25, 0.3) is 0 Å². The molecule has 0 aliphatic heterocycles. The Morgan fingerprint density at radius 2 is 2.00 bits per heavy atom. The first-order valence-corrected chi connectivity index (χ1v) is 5.59. The second-order valence-corrected chi connectivity index (χ2v) is 3.74. The van der Waals surface area contributed by atoms with E-state index in [0.717, 1.165) is 6.07 Å². The molecule has 1 nitrogen and oxygen atoms in total. The SMILES string of the molecule is C=CCCC(NCC)c1ccc(F)c(F)c1F. The molecule has 0 fully saturated rings. The topological polar surface area (TPSA) is 12.0 Å². The van der Waals surface area contributed by atoms with Gasteiger partial charge >= 0.3 is 0 Å². The lowest BCUT2D eigenvalue weighted by Gasteiger charge is -2.18. The third kappa shape index (κ3) is 3.33. The number of allylic oxidation sites excluding steroid dienone is 1. The Hall–Kier alpha value is -1.29. The van der Waals surface area contributed by atoms with Crippen LogP contribution in [0.5, 0.6) is 0 Å². The van der Waals surface area contributed by atoms with Crippen molar-refractivity contribution in [3.05, 3.63) is 47.8 Å². The van der Waals surface area contributed by atoms with Crippen molar-refractivity contribution in [2.24, 2.45) is 0 Å². The van der Waals surface area contributed by atoms with Gasteiger partial charge in [0.25, 0.3) is 0 Å².